The summed E-state index contributed by atoms with van der Waals surface area (Å²) >= 11 is 0. The third-order valence-electron chi connectivity index (χ3n) is 1.99. The van der Waals surface area contributed by atoms with Gasteiger partial charge in [0.05, 0.1) is 0 Å². The molecule has 1 aliphatic heterocycles. The number of carbonyl (C=O) groups is 1. The van der Waals surface area contributed by atoms with Gasteiger partial charge >= 0.3 is 0 Å². The molecule has 0 radical (unpaired) electrons. The quantitative estimate of drug-likeness (QED) is 0.655. The van der Waals surface area contributed by atoms with Crippen LogP contribution in [0.2, 0.25) is 0 Å². The van der Waals surface area contributed by atoms with Gasteiger partial charge in [0.15, 0.2) is 12.4 Å². The minimum atomic E-state index is -0.0759. The van der Waals surface area contributed by atoms with E-state index in [1.54, 1.807) is 17.3 Å². The van der Waals surface area contributed by atoms with Crippen LogP contribution < -0.4 is 9.64 Å². The molecule has 2 rings (SSSR count). The molecule has 1 aliphatic rings. The molecule has 74 valence electrons. The van der Waals surface area contributed by atoms with E-state index in [1.165, 1.54) is 0 Å². The molecule has 0 saturated heterocycles. The summed E-state index contributed by atoms with van der Waals surface area (Å²) in [4.78, 5) is 21.2. The second-order valence-corrected chi connectivity index (χ2v) is 3.33. The van der Waals surface area contributed by atoms with Crippen molar-refractivity contribution >= 4 is 11.7 Å². The molecular weight excluding hydrogens is 182 g/mol. The first-order chi connectivity index (χ1) is 6.70. The van der Waals surface area contributed by atoms with Crippen molar-refractivity contribution in [3.8, 4) is 5.88 Å². The molecule has 0 unspecified atom stereocenters. The van der Waals surface area contributed by atoms with Crippen molar-refractivity contribution in [2.45, 2.75) is 19.9 Å². The number of hydrogen-bond donors (Lipinski definition) is 0. The topological polar surface area (TPSA) is 55.3 Å². The van der Waals surface area contributed by atoms with E-state index in [0.717, 1.165) is 0 Å². The lowest BCUT2D eigenvalue weighted by Gasteiger charge is -2.29. The second-order valence-electron chi connectivity index (χ2n) is 3.33. The van der Waals surface area contributed by atoms with Gasteiger partial charge in [-0.25, -0.2) is 9.97 Å². The number of anilines is 1. The minimum Gasteiger partial charge on any atom is -0.465 e. The molecule has 0 aromatic carbocycles. The fraction of sp³-hybridized carbons (Fsp3) is 0.444. The van der Waals surface area contributed by atoms with Crippen molar-refractivity contribution in [3.05, 3.63) is 12.4 Å². The number of carbonyl (C=O) groups excluding carboxylic acids is 1. The molecule has 2 heterocycles. The molecule has 0 saturated carbocycles. The first kappa shape index (κ1) is 8.93. The summed E-state index contributed by atoms with van der Waals surface area (Å²) in [5.74, 6) is 0.868. The Morgan fingerprint density at radius 1 is 1.43 bits per heavy atom. The summed E-state index contributed by atoms with van der Waals surface area (Å²) in [7, 11) is 0. The monoisotopic (exact) mass is 193 g/mol. The Bertz CT molecular complexity index is 365. The number of fused-ring (bicyclic) bond motifs is 1. The molecule has 0 N–H and O–H groups in total. The van der Waals surface area contributed by atoms with Crippen LogP contribution in [0.4, 0.5) is 5.82 Å². The summed E-state index contributed by atoms with van der Waals surface area (Å²) in [6.45, 7) is 3.91. The molecule has 1 aromatic rings. The fourth-order valence-electron chi connectivity index (χ4n) is 1.44. The Hall–Kier alpha value is -1.65. The Balaban J connectivity index is 2.46. The van der Waals surface area contributed by atoms with Crippen LogP contribution >= 0.6 is 0 Å². The molecule has 5 nitrogen and oxygen atoms in total. The highest BCUT2D eigenvalue weighted by molar-refractivity contribution is 5.96. The predicted molar refractivity (Wildman–Crippen MR) is 50.1 cm³/mol. The van der Waals surface area contributed by atoms with Gasteiger partial charge in [-0.15, -0.1) is 0 Å². The average molecular weight is 193 g/mol. The molecule has 1 aromatic heterocycles. The largest absolute Gasteiger partial charge is 0.465 e. The normalized spacial score (nSPS) is 15.4. The van der Waals surface area contributed by atoms with Crippen LogP contribution in [0.15, 0.2) is 12.4 Å². The Kier molecular flexibility index (Phi) is 2.07. The zero-order valence-corrected chi connectivity index (χ0v) is 8.10. The van der Waals surface area contributed by atoms with E-state index >= 15 is 0 Å². The minimum absolute atomic E-state index is 0.0455. The maximum Gasteiger partial charge on any atom is 0.266 e. The van der Waals surface area contributed by atoms with Gasteiger partial charge in [0.1, 0.15) is 0 Å². The molecule has 0 bridgehead atoms. The summed E-state index contributed by atoms with van der Waals surface area (Å²) in [5.41, 5.74) is 0. The van der Waals surface area contributed by atoms with E-state index in [2.05, 4.69) is 9.97 Å². The van der Waals surface area contributed by atoms with E-state index in [1.807, 2.05) is 13.8 Å². The van der Waals surface area contributed by atoms with Crippen LogP contribution in [0, 0.1) is 0 Å². The van der Waals surface area contributed by atoms with Crippen molar-refractivity contribution in [1.82, 2.24) is 9.97 Å². The van der Waals surface area contributed by atoms with E-state index < -0.39 is 0 Å². The number of ether oxygens (including phenoxy) is 1. The number of amides is 1. The SMILES string of the molecule is CC(C)N1C(=O)COc2nccnc21. The van der Waals surface area contributed by atoms with Crippen molar-refractivity contribution < 1.29 is 9.53 Å². The average Bonchev–Trinajstić information content (AvgIpc) is 2.17. The molecular formula is C9H11N3O2. The molecule has 0 atom stereocenters. The zero-order chi connectivity index (χ0) is 10.1. The van der Waals surface area contributed by atoms with Crippen molar-refractivity contribution in [2.24, 2.45) is 0 Å². The Morgan fingerprint density at radius 2 is 2.14 bits per heavy atom. The van der Waals surface area contributed by atoms with Crippen LogP contribution in [0.3, 0.4) is 0 Å². The number of hydrogen-bond acceptors (Lipinski definition) is 4. The van der Waals surface area contributed by atoms with E-state index in [9.17, 15) is 4.79 Å². The zero-order valence-electron chi connectivity index (χ0n) is 8.10. The highest BCUT2D eigenvalue weighted by Gasteiger charge is 2.29. The maximum atomic E-state index is 11.5. The molecule has 5 heteroatoms. The van der Waals surface area contributed by atoms with E-state index in [4.69, 9.17) is 4.74 Å². The van der Waals surface area contributed by atoms with Crippen molar-refractivity contribution in [1.29, 1.82) is 0 Å². The van der Waals surface area contributed by atoms with E-state index in [-0.39, 0.29) is 18.6 Å². The van der Waals surface area contributed by atoms with Crippen LogP contribution in [0.1, 0.15) is 13.8 Å². The van der Waals surface area contributed by atoms with Gasteiger partial charge in [-0.2, -0.15) is 0 Å². The standard InChI is InChI=1S/C9H11N3O2/c1-6(2)12-7(13)5-14-9-8(12)10-3-4-11-9/h3-4,6H,5H2,1-2H3. The lowest BCUT2D eigenvalue weighted by molar-refractivity contribution is -0.121. The lowest BCUT2D eigenvalue weighted by atomic mass is 10.3. The highest BCUT2D eigenvalue weighted by Crippen LogP contribution is 2.27. The Labute approximate surface area is 81.7 Å². The Morgan fingerprint density at radius 3 is 2.86 bits per heavy atom. The number of nitrogens with zero attached hydrogens (tertiary/aromatic N) is 3. The fourth-order valence-corrected chi connectivity index (χ4v) is 1.44. The van der Waals surface area contributed by atoms with Crippen LogP contribution in [0.25, 0.3) is 0 Å². The summed E-state index contributed by atoms with van der Waals surface area (Å²) < 4.78 is 5.15. The molecule has 0 spiro atoms. The molecule has 14 heavy (non-hydrogen) atoms. The molecule has 0 fully saturated rings. The van der Waals surface area contributed by atoms with Crippen LogP contribution in [-0.2, 0) is 4.79 Å². The predicted octanol–water partition coefficient (Wildman–Crippen LogP) is 0.610. The number of rotatable bonds is 1. The van der Waals surface area contributed by atoms with Gasteiger partial charge < -0.3 is 4.74 Å². The van der Waals surface area contributed by atoms with Crippen LogP contribution in [0.5, 0.6) is 5.88 Å². The van der Waals surface area contributed by atoms with Gasteiger partial charge in [0.2, 0.25) is 0 Å². The summed E-state index contributed by atoms with van der Waals surface area (Å²) in [5, 5.41) is 0. The second kappa shape index (κ2) is 3.25. The van der Waals surface area contributed by atoms with Gasteiger partial charge in [0.25, 0.3) is 11.8 Å². The van der Waals surface area contributed by atoms with Gasteiger partial charge in [-0.05, 0) is 13.8 Å². The first-order valence-electron chi connectivity index (χ1n) is 4.46. The summed E-state index contributed by atoms with van der Waals surface area (Å²) in [6.07, 6.45) is 3.10. The van der Waals surface area contributed by atoms with Crippen molar-refractivity contribution in [2.75, 3.05) is 11.5 Å². The first-order valence-corrected chi connectivity index (χ1v) is 4.46. The van der Waals surface area contributed by atoms with Gasteiger partial charge in [0, 0.05) is 18.4 Å². The van der Waals surface area contributed by atoms with Crippen LogP contribution in [-0.4, -0.2) is 28.5 Å². The smallest absolute Gasteiger partial charge is 0.266 e. The highest BCUT2D eigenvalue weighted by atomic mass is 16.5. The van der Waals surface area contributed by atoms with Gasteiger partial charge in [-0.1, -0.05) is 0 Å². The molecule has 1 amide bonds. The third kappa shape index (κ3) is 1.30. The number of aromatic nitrogens is 2. The van der Waals surface area contributed by atoms with Crippen molar-refractivity contribution in [3.63, 3.8) is 0 Å². The third-order valence-corrected chi connectivity index (χ3v) is 1.99. The maximum absolute atomic E-state index is 11.5. The lowest BCUT2D eigenvalue weighted by Crippen LogP contribution is -2.44. The molecule has 0 aliphatic carbocycles. The van der Waals surface area contributed by atoms with E-state index in [0.29, 0.717) is 11.7 Å². The van der Waals surface area contributed by atoms with Gasteiger partial charge in [-0.3, -0.25) is 9.69 Å². The summed E-state index contributed by atoms with van der Waals surface area (Å²) in [6, 6.07) is 0.0712.